The lowest BCUT2D eigenvalue weighted by molar-refractivity contribution is -0.206. The molecule has 1 aliphatic carbocycles. The van der Waals surface area contributed by atoms with Crippen molar-refractivity contribution in [2.75, 3.05) is 31.1 Å². The van der Waals surface area contributed by atoms with E-state index in [1.807, 2.05) is 0 Å². The molecular formula is C16H17F5N2O. The lowest BCUT2D eigenvalue weighted by atomic mass is 9.73. The molecule has 1 aliphatic heterocycles. The first-order valence-corrected chi connectivity index (χ1v) is 7.82. The van der Waals surface area contributed by atoms with Crippen LogP contribution in [0.1, 0.15) is 12.8 Å². The normalized spacial score (nSPS) is 24.7. The van der Waals surface area contributed by atoms with Gasteiger partial charge >= 0.3 is 6.18 Å². The van der Waals surface area contributed by atoms with E-state index in [1.165, 1.54) is 28.0 Å². The third kappa shape index (κ3) is 3.18. The molecule has 0 aromatic heterocycles. The highest BCUT2D eigenvalue weighted by atomic mass is 19.4. The van der Waals surface area contributed by atoms with Crippen molar-refractivity contribution in [3.05, 3.63) is 29.8 Å². The molecule has 3 nitrogen and oxygen atoms in total. The van der Waals surface area contributed by atoms with E-state index in [-0.39, 0.29) is 50.6 Å². The summed E-state index contributed by atoms with van der Waals surface area (Å²) in [5, 5.41) is 0. The summed E-state index contributed by atoms with van der Waals surface area (Å²) >= 11 is 0. The predicted octanol–water partition coefficient (Wildman–Crippen LogP) is 3.20. The fraction of sp³-hybridized carbons (Fsp3) is 0.562. The number of benzene rings is 1. The topological polar surface area (TPSA) is 23.6 Å². The van der Waals surface area contributed by atoms with Crippen molar-refractivity contribution in [2.45, 2.75) is 19.0 Å². The summed E-state index contributed by atoms with van der Waals surface area (Å²) in [7, 11) is 0. The maximum Gasteiger partial charge on any atom is 0.391 e. The zero-order valence-corrected chi connectivity index (χ0v) is 12.8. The van der Waals surface area contributed by atoms with Crippen LogP contribution in [-0.4, -0.2) is 43.2 Å². The highest BCUT2D eigenvalue weighted by Crippen LogP contribution is 2.45. The molecule has 2 fully saturated rings. The quantitative estimate of drug-likeness (QED) is 0.767. The van der Waals surface area contributed by atoms with Crippen LogP contribution in [0.4, 0.5) is 27.6 Å². The van der Waals surface area contributed by atoms with E-state index in [2.05, 4.69) is 0 Å². The van der Waals surface area contributed by atoms with E-state index in [0.717, 1.165) is 0 Å². The summed E-state index contributed by atoms with van der Waals surface area (Å²) in [4.78, 5) is 15.2. The second-order valence-corrected chi connectivity index (χ2v) is 6.29. The first-order chi connectivity index (χ1) is 11.3. The predicted molar refractivity (Wildman–Crippen MR) is 77.4 cm³/mol. The van der Waals surface area contributed by atoms with Crippen LogP contribution in [0.5, 0.6) is 0 Å². The van der Waals surface area contributed by atoms with Crippen LogP contribution in [0.25, 0.3) is 0 Å². The molecule has 132 valence electrons. The third-order valence-corrected chi connectivity index (χ3v) is 4.80. The molecule has 8 heteroatoms. The van der Waals surface area contributed by atoms with Gasteiger partial charge in [0, 0.05) is 32.1 Å². The number of piperazine rings is 1. The van der Waals surface area contributed by atoms with Crippen LogP contribution < -0.4 is 4.90 Å². The van der Waals surface area contributed by atoms with Gasteiger partial charge in [-0.05, 0) is 25.0 Å². The number of alkyl halides is 3. The van der Waals surface area contributed by atoms with Gasteiger partial charge in [0.15, 0.2) is 0 Å². The third-order valence-electron chi connectivity index (χ3n) is 4.80. The summed E-state index contributed by atoms with van der Waals surface area (Å²) in [6.07, 6.45) is -4.56. The molecule has 3 rings (SSSR count). The fourth-order valence-electron chi connectivity index (χ4n) is 3.29. The second-order valence-electron chi connectivity index (χ2n) is 6.29. The van der Waals surface area contributed by atoms with E-state index >= 15 is 0 Å². The van der Waals surface area contributed by atoms with Crippen molar-refractivity contribution in [1.82, 2.24) is 4.90 Å². The number of rotatable bonds is 2. The summed E-state index contributed by atoms with van der Waals surface area (Å²) in [5.41, 5.74) is -0.120. The highest BCUT2D eigenvalue weighted by Gasteiger charge is 2.50. The van der Waals surface area contributed by atoms with Crippen molar-refractivity contribution >= 4 is 11.6 Å². The van der Waals surface area contributed by atoms with Crippen LogP contribution in [0, 0.1) is 23.5 Å². The number of nitrogens with zero attached hydrogens (tertiary/aromatic N) is 2. The Kier molecular flexibility index (Phi) is 4.40. The van der Waals surface area contributed by atoms with Gasteiger partial charge in [-0.15, -0.1) is 0 Å². The van der Waals surface area contributed by atoms with E-state index in [9.17, 15) is 26.7 Å². The molecule has 0 spiro atoms. The molecule has 1 aromatic carbocycles. The lowest BCUT2D eigenvalue weighted by Crippen LogP contribution is -2.53. The Labute approximate surface area is 136 Å². The van der Waals surface area contributed by atoms with E-state index in [0.29, 0.717) is 0 Å². The SMILES string of the molecule is O=C(C1CC(C(F)(F)F)C1)N1CCN(c2c(F)cccc2F)CC1. The number of anilines is 1. The molecule has 0 atom stereocenters. The Bertz CT molecular complexity index is 599. The second kappa shape index (κ2) is 6.22. The van der Waals surface area contributed by atoms with Crippen molar-refractivity contribution in [3.8, 4) is 0 Å². The van der Waals surface area contributed by atoms with Gasteiger partial charge in [0.25, 0.3) is 0 Å². The zero-order valence-electron chi connectivity index (χ0n) is 12.8. The summed E-state index contributed by atoms with van der Waals surface area (Å²) in [6.45, 7) is 0.998. The number of halogens is 5. The fourth-order valence-corrected chi connectivity index (χ4v) is 3.29. The van der Waals surface area contributed by atoms with E-state index < -0.39 is 29.6 Å². The molecule has 2 aliphatic rings. The maximum absolute atomic E-state index is 13.8. The van der Waals surface area contributed by atoms with Gasteiger partial charge in [0.05, 0.1) is 5.92 Å². The average molecular weight is 348 g/mol. The number of hydrogen-bond acceptors (Lipinski definition) is 2. The van der Waals surface area contributed by atoms with Gasteiger partial charge in [-0.3, -0.25) is 4.79 Å². The highest BCUT2D eigenvalue weighted by molar-refractivity contribution is 5.80. The molecule has 0 N–H and O–H groups in total. The summed E-state index contributed by atoms with van der Waals surface area (Å²) in [6, 6.07) is 3.62. The summed E-state index contributed by atoms with van der Waals surface area (Å²) in [5.74, 6) is -3.60. The zero-order chi connectivity index (χ0) is 17.5. The molecule has 0 unspecified atom stereocenters. The lowest BCUT2D eigenvalue weighted by Gasteiger charge is -2.41. The average Bonchev–Trinajstić information content (AvgIpc) is 2.44. The summed E-state index contributed by atoms with van der Waals surface area (Å²) < 4.78 is 65.0. The first kappa shape index (κ1) is 17.0. The van der Waals surface area contributed by atoms with Crippen molar-refractivity contribution in [2.24, 2.45) is 11.8 Å². The minimum atomic E-state index is -4.24. The molecule has 1 heterocycles. The monoisotopic (exact) mass is 348 g/mol. The van der Waals surface area contributed by atoms with Crippen molar-refractivity contribution in [3.63, 3.8) is 0 Å². The number of hydrogen-bond donors (Lipinski definition) is 0. The van der Waals surface area contributed by atoms with E-state index in [4.69, 9.17) is 0 Å². The Balaban J connectivity index is 1.55. The number of amides is 1. The minimum Gasteiger partial charge on any atom is -0.363 e. The van der Waals surface area contributed by atoms with Crippen LogP contribution in [0.2, 0.25) is 0 Å². The van der Waals surface area contributed by atoms with Gasteiger partial charge in [-0.1, -0.05) is 6.07 Å². The van der Waals surface area contributed by atoms with Crippen LogP contribution >= 0.6 is 0 Å². The Morgan fingerprint density at radius 3 is 2.04 bits per heavy atom. The van der Waals surface area contributed by atoms with Crippen molar-refractivity contribution in [1.29, 1.82) is 0 Å². The standard InChI is InChI=1S/C16H17F5N2O/c17-12-2-1-3-13(18)14(12)22-4-6-23(7-5-22)15(24)10-8-11(9-10)16(19,20)21/h1-3,10-11H,4-9H2. The molecular weight excluding hydrogens is 331 g/mol. The van der Waals surface area contributed by atoms with Gasteiger partial charge in [-0.2, -0.15) is 13.2 Å². The molecule has 0 radical (unpaired) electrons. The number of para-hydroxylation sites is 1. The Hall–Kier alpha value is -1.86. The number of carbonyl (C=O) groups excluding carboxylic acids is 1. The van der Waals surface area contributed by atoms with Crippen molar-refractivity contribution < 1.29 is 26.7 Å². The van der Waals surface area contributed by atoms with Gasteiger partial charge < -0.3 is 9.80 Å². The largest absolute Gasteiger partial charge is 0.391 e. The van der Waals surface area contributed by atoms with Gasteiger partial charge in [0.2, 0.25) is 5.91 Å². The van der Waals surface area contributed by atoms with Crippen LogP contribution in [0.15, 0.2) is 18.2 Å². The molecule has 1 amide bonds. The number of carbonyl (C=O) groups is 1. The molecule has 1 saturated heterocycles. The smallest absolute Gasteiger partial charge is 0.363 e. The van der Waals surface area contributed by atoms with Gasteiger partial charge in [0.1, 0.15) is 17.3 Å². The first-order valence-electron chi connectivity index (χ1n) is 7.82. The Morgan fingerprint density at radius 1 is 1.00 bits per heavy atom. The van der Waals surface area contributed by atoms with Crippen LogP contribution in [0.3, 0.4) is 0 Å². The van der Waals surface area contributed by atoms with E-state index in [1.54, 1.807) is 0 Å². The van der Waals surface area contributed by atoms with Crippen LogP contribution in [-0.2, 0) is 4.79 Å². The maximum atomic E-state index is 13.8. The molecule has 1 saturated carbocycles. The molecule has 0 bridgehead atoms. The minimum absolute atomic E-state index is 0.120. The Morgan fingerprint density at radius 2 is 1.54 bits per heavy atom. The van der Waals surface area contributed by atoms with Gasteiger partial charge in [-0.25, -0.2) is 8.78 Å². The molecule has 1 aromatic rings. The molecule has 24 heavy (non-hydrogen) atoms.